The van der Waals surface area contributed by atoms with Gasteiger partial charge in [-0.15, -0.1) is 6.42 Å². The van der Waals surface area contributed by atoms with E-state index >= 15 is 4.39 Å². The van der Waals surface area contributed by atoms with Crippen LogP contribution in [0.3, 0.4) is 0 Å². The van der Waals surface area contributed by atoms with E-state index in [4.69, 9.17) is 32.7 Å². The van der Waals surface area contributed by atoms with Gasteiger partial charge in [0.2, 0.25) is 0 Å². The molecule has 0 saturated carbocycles. The highest BCUT2D eigenvalue weighted by atomic mass is 35.5. The minimum Gasteiger partial charge on any atom is -0.508 e. The Kier molecular flexibility index (Phi) is 7.66. The highest BCUT2D eigenvalue weighted by Gasteiger charge is 2.51. The molecule has 2 bridgehead atoms. The zero-order valence-corrected chi connectivity index (χ0v) is 27.7. The summed E-state index contributed by atoms with van der Waals surface area (Å²) in [5.74, 6) is 3.92. The summed E-state index contributed by atoms with van der Waals surface area (Å²) in [4.78, 5) is 19.2. The van der Waals surface area contributed by atoms with Crippen molar-refractivity contribution < 1.29 is 14.2 Å². The van der Waals surface area contributed by atoms with Crippen molar-refractivity contribution in [2.24, 2.45) is 11.8 Å². The third kappa shape index (κ3) is 5.16. The number of benzene rings is 2. The molecule has 4 aromatic rings. The predicted molar refractivity (Wildman–Crippen MR) is 184 cm³/mol. The average Bonchev–Trinajstić information content (AvgIpc) is 3.72. The number of ether oxygens (including phenoxy) is 1. The summed E-state index contributed by atoms with van der Waals surface area (Å²) in [6, 6.07) is 7.38. The average molecular weight is 655 g/mol. The third-order valence-corrected chi connectivity index (χ3v) is 11.5. The molecule has 0 aliphatic carbocycles. The van der Waals surface area contributed by atoms with E-state index in [1.54, 1.807) is 24.4 Å². The number of phenols is 1. The molecule has 4 fully saturated rings. The number of hydrogen-bond acceptors (Lipinski definition) is 8. The fourth-order valence-electron chi connectivity index (χ4n) is 8.82. The van der Waals surface area contributed by atoms with Gasteiger partial charge in [0.15, 0.2) is 5.82 Å². The molecule has 2 aromatic heterocycles. The van der Waals surface area contributed by atoms with E-state index in [1.807, 2.05) is 0 Å². The molecule has 2 aromatic carbocycles. The molecule has 4 atom stereocenters. The van der Waals surface area contributed by atoms with Gasteiger partial charge in [-0.3, -0.25) is 9.88 Å². The quantitative estimate of drug-likeness (QED) is 0.217. The molecule has 8 nitrogen and oxygen atoms in total. The standard InChI is InChI=1S/C37H40ClFN6O2/c1-4-21-13-37(14-22(5-2)17-45(37)16-21)20-47-36-42-34-29(35(43-36)44-18-24-8-9-25(19-44)41-24)15-40-33(32(34)39)28-12-26(46)11-23-7-10-30(38)27(6-3)31(23)28/h3,7,10-12,15,21-22,24-25,41,46H,4-5,8-9,13-14,16-20H2,1-2H3/t21?,22?,24-,25+,37?. The van der Waals surface area contributed by atoms with E-state index in [0.29, 0.717) is 68.7 Å². The second-order valence-electron chi connectivity index (χ2n) is 14.1. The number of terminal acetylenes is 1. The lowest BCUT2D eigenvalue weighted by Gasteiger charge is -2.34. The van der Waals surface area contributed by atoms with Gasteiger partial charge in [-0.25, -0.2) is 4.39 Å². The first-order chi connectivity index (χ1) is 22.8. The van der Waals surface area contributed by atoms with Crippen LogP contribution in [0.25, 0.3) is 32.9 Å². The number of fused-ring (bicyclic) bond motifs is 5. The third-order valence-electron chi connectivity index (χ3n) is 11.2. The number of anilines is 1. The van der Waals surface area contributed by atoms with Crippen LogP contribution in [0, 0.1) is 30.0 Å². The van der Waals surface area contributed by atoms with E-state index in [9.17, 15) is 5.11 Å². The maximum atomic E-state index is 17.0. The van der Waals surface area contributed by atoms with Crippen LogP contribution < -0.4 is 15.0 Å². The molecule has 0 radical (unpaired) electrons. The Morgan fingerprint density at radius 3 is 2.49 bits per heavy atom. The van der Waals surface area contributed by atoms with Crippen molar-refractivity contribution >= 4 is 39.1 Å². The molecule has 0 amide bonds. The van der Waals surface area contributed by atoms with Crippen molar-refractivity contribution in [3.05, 3.63) is 46.9 Å². The maximum absolute atomic E-state index is 17.0. The van der Waals surface area contributed by atoms with E-state index < -0.39 is 5.82 Å². The Morgan fingerprint density at radius 2 is 1.81 bits per heavy atom. The summed E-state index contributed by atoms with van der Waals surface area (Å²) in [7, 11) is 0. The van der Waals surface area contributed by atoms with Gasteiger partial charge in [-0.2, -0.15) is 9.97 Å². The predicted octanol–water partition coefficient (Wildman–Crippen LogP) is 6.54. The fourth-order valence-corrected chi connectivity index (χ4v) is 9.04. The Labute approximate surface area is 279 Å². The minimum atomic E-state index is -0.623. The lowest BCUT2D eigenvalue weighted by Crippen LogP contribution is -2.51. The van der Waals surface area contributed by atoms with Crippen LogP contribution in [-0.2, 0) is 0 Å². The first-order valence-electron chi connectivity index (χ1n) is 17.0. The van der Waals surface area contributed by atoms with E-state index in [2.05, 4.69) is 39.9 Å². The fraction of sp³-hybridized carbons (Fsp3) is 0.486. The van der Waals surface area contributed by atoms with Crippen molar-refractivity contribution in [1.29, 1.82) is 0 Å². The van der Waals surface area contributed by atoms with Gasteiger partial charge in [-0.1, -0.05) is 50.3 Å². The molecule has 2 N–H and O–H groups in total. The lowest BCUT2D eigenvalue weighted by atomic mass is 9.86. The SMILES string of the molecule is C#Cc1c(Cl)ccc2cc(O)cc(-c3ncc4c(N5C[C@H]6CC[C@@H](C5)N6)nc(OCC56CC(CC)CN5CC(CC)C6)nc4c3F)c12. The zero-order valence-electron chi connectivity index (χ0n) is 26.9. The van der Waals surface area contributed by atoms with Gasteiger partial charge in [0.05, 0.1) is 21.5 Å². The van der Waals surface area contributed by atoms with Gasteiger partial charge >= 0.3 is 6.01 Å². The van der Waals surface area contributed by atoms with Crippen molar-refractivity contribution in [2.45, 2.75) is 70.0 Å². The number of nitrogens with one attached hydrogen (secondary N) is 1. The van der Waals surface area contributed by atoms with Crippen LogP contribution in [0.5, 0.6) is 11.8 Å². The number of hydrogen-bond donors (Lipinski definition) is 2. The molecule has 8 rings (SSSR count). The molecule has 244 valence electrons. The smallest absolute Gasteiger partial charge is 0.319 e. The van der Waals surface area contributed by atoms with Crippen molar-refractivity contribution in [3.8, 4) is 35.4 Å². The summed E-state index contributed by atoms with van der Waals surface area (Å²) in [5.41, 5.74) is 0.867. The highest BCUT2D eigenvalue weighted by molar-refractivity contribution is 6.33. The second-order valence-corrected chi connectivity index (χ2v) is 14.5. The molecule has 4 aliphatic rings. The van der Waals surface area contributed by atoms with E-state index in [-0.39, 0.29) is 28.5 Å². The van der Waals surface area contributed by atoms with Crippen LogP contribution in [0.1, 0.15) is 57.9 Å². The van der Waals surface area contributed by atoms with Crippen LogP contribution >= 0.6 is 11.6 Å². The Morgan fingerprint density at radius 1 is 1.09 bits per heavy atom. The van der Waals surface area contributed by atoms with Crippen LogP contribution in [0.15, 0.2) is 30.5 Å². The normalized spacial score (nSPS) is 27.1. The number of piperazine rings is 1. The van der Waals surface area contributed by atoms with E-state index in [0.717, 1.165) is 64.7 Å². The van der Waals surface area contributed by atoms with Crippen molar-refractivity contribution in [3.63, 3.8) is 0 Å². The molecule has 47 heavy (non-hydrogen) atoms. The van der Waals surface area contributed by atoms with Crippen molar-refractivity contribution in [1.82, 2.24) is 25.2 Å². The van der Waals surface area contributed by atoms with Crippen LogP contribution in [0.4, 0.5) is 10.2 Å². The van der Waals surface area contributed by atoms with Crippen LogP contribution in [-0.4, -0.2) is 75.4 Å². The number of halogens is 2. The second kappa shape index (κ2) is 11.8. The summed E-state index contributed by atoms with van der Waals surface area (Å²) >= 11 is 6.49. The molecule has 0 spiro atoms. The van der Waals surface area contributed by atoms with Crippen LogP contribution in [0.2, 0.25) is 5.02 Å². The summed E-state index contributed by atoms with van der Waals surface area (Å²) in [6.07, 6.45) is 14.2. The van der Waals surface area contributed by atoms with Crippen molar-refractivity contribution in [2.75, 3.05) is 37.7 Å². The summed E-state index contributed by atoms with van der Waals surface area (Å²) < 4.78 is 23.5. The number of rotatable bonds is 7. The Bertz CT molecular complexity index is 1900. The molecule has 4 saturated heterocycles. The van der Waals surface area contributed by atoms with Gasteiger partial charge in [0.1, 0.15) is 29.4 Å². The van der Waals surface area contributed by atoms with Gasteiger partial charge in [0.25, 0.3) is 0 Å². The summed E-state index contributed by atoms with van der Waals surface area (Å²) in [6.45, 7) is 8.72. The van der Waals surface area contributed by atoms with Gasteiger partial charge < -0.3 is 20.1 Å². The first-order valence-corrected chi connectivity index (χ1v) is 17.3. The number of aromatic hydroxyl groups is 1. The topological polar surface area (TPSA) is 86.6 Å². The molecule has 10 heteroatoms. The van der Waals surface area contributed by atoms with Gasteiger partial charge in [0, 0.05) is 55.4 Å². The first kappa shape index (κ1) is 30.6. The number of pyridine rings is 1. The minimum absolute atomic E-state index is 0.0288. The molecular formula is C37H40ClFN6O2. The number of aromatic nitrogens is 3. The highest BCUT2D eigenvalue weighted by Crippen LogP contribution is 2.46. The molecular weight excluding hydrogens is 615 g/mol. The number of phenolic OH excluding ortho intramolecular Hbond substituents is 1. The monoisotopic (exact) mass is 654 g/mol. The Hall–Kier alpha value is -3.71. The van der Waals surface area contributed by atoms with Gasteiger partial charge in [-0.05, 0) is 61.1 Å². The van der Waals surface area contributed by atoms with E-state index in [1.165, 1.54) is 6.07 Å². The molecule has 6 heterocycles. The number of nitrogens with zero attached hydrogens (tertiary/aromatic N) is 5. The molecule has 4 aliphatic heterocycles. The summed E-state index contributed by atoms with van der Waals surface area (Å²) in [5, 5.41) is 16.4. The lowest BCUT2D eigenvalue weighted by molar-refractivity contribution is 0.107. The maximum Gasteiger partial charge on any atom is 0.319 e. The zero-order chi connectivity index (χ0) is 32.4. The largest absolute Gasteiger partial charge is 0.508 e. The molecule has 2 unspecified atom stereocenters. The Balaban J connectivity index is 1.25.